The molecular formula is C18H16ClNO3. The number of primary amides is 1. The zero-order valence-electron chi connectivity index (χ0n) is 12.6. The molecule has 0 aliphatic heterocycles. The Labute approximate surface area is 139 Å². The van der Waals surface area contributed by atoms with Crippen LogP contribution in [0.1, 0.15) is 28.4 Å². The van der Waals surface area contributed by atoms with Crippen LogP contribution in [0.25, 0.3) is 5.57 Å². The molecule has 2 aromatic rings. The first-order valence-corrected chi connectivity index (χ1v) is 7.34. The maximum atomic E-state index is 11.9. The van der Waals surface area contributed by atoms with Crippen LogP contribution in [0.5, 0.6) is 0 Å². The Balaban J connectivity index is 2.03. The van der Waals surface area contributed by atoms with Crippen LogP contribution < -0.4 is 5.73 Å². The van der Waals surface area contributed by atoms with Gasteiger partial charge in [0.25, 0.3) is 0 Å². The van der Waals surface area contributed by atoms with E-state index in [4.69, 9.17) is 22.1 Å². The van der Waals surface area contributed by atoms with Gasteiger partial charge in [-0.15, -0.1) is 0 Å². The predicted molar refractivity (Wildman–Crippen MR) is 89.9 cm³/mol. The summed E-state index contributed by atoms with van der Waals surface area (Å²) in [5.74, 6) is -1.00. The van der Waals surface area contributed by atoms with Crippen LogP contribution >= 0.6 is 11.6 Å². The third-order valence-corrected chi connectivity index (χ3v) is 3.56. The van der Waals surface area contributed by atoms with Gasteiger partial charge in [-0.2, -0.15) is 0 Å². The number of nitrogens with two attached hydrogens (primary N) is 1. The summed E-state index contributed by atoms with van der Waals surface area (Å²) in [6.07, 6.45) is 1.39. The Morgan fingerprint density at radius 2 is 1.91 bits per heavy atom. The number of amides is 1. The zero-order chi connectivity index (χ0) is 16.8. The molecule has 0 fully saturated rings. The molecule has 0 atom stereocenters. The second-order valence-corrected chi connectivity index (χ2v) is 5.39. The molecule has 4 nitrogen and oxygen atoms in total. The van der Waals surface area contributed by atoms with Gasteiger partial charge < -0.3 is 10.5 Å². The fraction of sp³-hybridized carbons (Fsp3) is 0.111. The van der Waals surface area contributed by atoms with Gasteiger partial charge in [0, 0.05) is 16.7 Å². The van der Waals surface area contributed by atoms with Crippen molar-refractivity contribution in [1.82, 2.24) is 0 Å². The third-order valence-electron chi connectivity index (χ3n) is 3.23. The minimum atomic E-state index is -0.521. The van der Waals surface area contributed by atoms with E-state index in [1.54, 1.807) is 37.3 Å². The van der Waals surface area contributed by atoms with Crippen LogP contribution in [0.3, 0.4) is 0 Å². The SMILES string of the molecule is CC(=CC(=O)OCc1cccc(C(N)=O)c1)c1ccccc1Cl. The lowest BCUT2D eigenvalue weighted by Gasteiger charge is -2.06. The van der Waals surface area contributed by atoms with E-state index in [-0.39, 0.29) is 6.61 Å². The highest BCUT2D eigenvalue weighted by Gasteiger charge is 2.06. The van der Waals surface area contributed by atoms with Gasteiger partial charge in [-0.3, -0.25) is 4.79 Å². The number of allylic oxidation sites excluding steroid dienone is 1. The first-order chi connectivity index (χ1) is 11.0. The van der Waals surface area contributed by atoms with E-state index in [1.165, 1.54) is 6.08 Å². The minimum Gasteiger partial charge on any atom is -0.458 e. The predicted octanol–water partition coefficient (Wildman–Crippen LogP) is 3.59. The van der Waals surface area contributed by atoms with Crippen molar-refractivity contribution in [2.75, 3.05) is 0 Å². The molecule has 1 amide bonds. The summed E-state index contributed by atoms with van der Waals surface area (Å²) in [6.45, 7) is 1.85. The number of carbonyl (C=O) groups is 2. The second-order valence-electron chi connectivity index (χ2n) is 4.98. The molecule has 0 saturated carbocycles. The number of hydrogen-bond acceptors (Lipinski definition) is 3. The van der Waals surface area contributed by atoms with Gasteiger partial charge >= 0.3 is 5.97 Å². The second kappa shape index (κ2) is 7.61. The van der Waals surface area contributed by atoms with Crippen molar-refractivity contribution < 1.29 is 14.3 Å². The number of rotatable bonds is 5. The Morgan fingerprint density at radius 1 is 1.17 bits per heavy atom. The van der Waals surface area contributed by atoms with Crippen molar-refractivity contribution >= 4 is 29.1 Å². The monoisotopic (exact) mass is 329 g/mol. The molecule has 0 bridgehead atoms. The van der Waals surface area contributed by atoms with Gasteiger partial charge in [0.15, 0.2) is 0 Å². The molecule has 23 heavy (non-hydrogen) atoms. The Hall–Kier alpha value is -2.59. The summed E-state index contributed by atoms with van der Waals surface area (Å²) < 4.78 is 5.18. The van der Waals surface area contributed by atoms with Crippen molar-refractivity contribution in [2.24, 2.45) is 5.73 Å². The van der Waals surface area contributed by atoms with E-state index < -0.39 is 11.9 Å². The quantitative estimate of drug-likeness (QED) is 0.673. The summed E-state index contributed by atoms with van der Waals surface area (Å²) in [6, 6.07) is 13.9. The van der Waals surface area contributed by atoms with E-state index >= 15 is 0 Å². The molecule has 0 unspecified atom stereocenters. The molecule has 2 aromatic carbocycles. The highest BCUT2D eigenvalue weighted by atomic mass is 35.5. The van der Waals surface area contributed by atoms with Crippen LogP contribution in [-0.4, -0.2) is 11.9 Å². The molecule has 0 aromatic heterocycles. The molecular weight excluding hydrogens is 314 g/mol. The van der Waals surface area contributed by atoms with Crippen LogP contribution in [0.4, 0.5) is 0 Å². The number of ether oxygens (including phenoxy) is 1. The largest absolute Gasteiger partial charge is 0.458 e. The highest BCUT2D eigenvalue weighted by molar-refractivity contribution is 6.32. The van der Waals surface area contributed by atoms with Crippen molar-refractivity contribution in [3.63, 3.8) is 0 Å². The average Bonchev–Trinajstić information content (AvgIpc) is 2.53. The minimum absolute atomic E-state index is 0.0618. The molecule has 0 saturated heterocycles. The molecule has 5 heteroatoms. The lowest BCUT2D eigenvalue weighted by atomic mass is 10.1. The number of carbonyl (C=O) groups excluding carboxylic acids is 2. The van der Waals surface area contributed by atoms with Crippen LogP contribution in [0.15, 0.2) is 54.6 Å². The topological polar surface area (TPSA) is 69.4 Å². The molecule has 0 aliphatic rings. The van der Waals surface area contributed by atoms with E-state index in [9.17, 15) is 9.59 Å². The van der Waals surface area contributed by atoms with E-state index in [0.717, 1.165) is 5.56 Å². The molecule has 118 valence electrons. The third kappa shape index (κ3) is 4.69. The first kappa shape index (κ1) is 16.8. The number of hydrogen-bond donors (Lipinski definition) is 1. The Bertz CT molecular complexity index is 768. The van der Waals surface area contributed by atoms with Gasteiger partial charge in [0.2, 0.25) is 5.91 Å². The Morgan fingerprint density at radius 3 is 2.61 bits per heavy atom. The van der Waals surface area contributed by atoms with E-state index in [0.29, 0.717) is 21.7 Å². The molecule has 0 spiro atoms. The fourth-order valence-electron chi connectivity index (χ4n) is 2.05. The molecule has 2 rings (SSSR count). The smallest absolute Gasteiger partial charge is 0.331 e. The van der Waals surface area contributed by atoms with E-state index in [1.807, 2.05) is 18.2 Å². The van der Waals surface area contributed by atoms with Crippen molar-refractivity contribution in [3.05, 3.63) is 76.3 Å². The van der Waals surface area contributed by atoms with Crippen LogP contribution in [0, 0.1) is 0 Å². The highest BCUT2D eigenvalue weighted by Crippen LogP contribution is 2.23. The number of benzene rings is 2. The van der Waals surface area contributed by atoms with E-state index in [2.05, 4.69) is 0 Å². The van der Waals surface area contributed by atoms with Gasteiger partial charge in [0.1, 0.15) is 6.61 Å². The van der Waals surface area contributed by atoms with Crippen LogP contribution in [-0.2, 0) is 16.1 Å². The van der Waals surface area contributed by atoms with Crippen molar-refractivity contribution in [1.29, 1.82) is 0 Å². The number of halogens is 1. The standard InChI is InChI=1S/C18H16ClNO3/c1-12(15-7-2-3-8-16(15)19)9-17(21)23-11-13-5-4-6-14(10-13)18(20)22/h2-10H,11H2,1H3,(H2,20,22). The zero-order valence-corrected chi connectivity index (χ0v) is 13.3. The maximum absolute atomic E-state index is 11.9. The normalized spacial score (nSPS) is 11.1. The summed E-state index contributed by atoms with van der Waals surface area (Å²) >= 11 is 6.09. The summed E-state index contributed by atoms with van der Waals surface area (Å²) in [5, 5.41) is 0.572. The maximum Gasteiger partial charge on any atom is 0.331 e. The lowest BCUT2D eigenvalue weighted by Crippen LogP contribution is -2.11. The lowest BCUT2D eigenvalue weighted by molar-refractivity contribution is -0.138. The Kier molecular flexibility index (Phi) is 5.55. The van der Waals surface area contributed by atoms with Crippen molar-refractivity contribution in [2.45, 2.75) is 13.5 Å². The van der Waals surface area contributed by atoms with Crippen LogP contribution in [0.2, 0.25) is 5.02 Å². The first-order valence-electron chi connectivity index (χ1n) is 6.96. The summed E-state index contributed by atoms with van der Waals surface area (Å²) in [4.78, 5) is 23.0. The molecule has 0 heterocycles. The summed E-state index contributed by atoms with van der Waals surface area (Å²) in [7, 11) is 0. The fourth-order valence-corrected chi connectivity index (χ4v) is 2.33. The molecule has 0 aliphatic carbocycles. The molecule has 0 radical (unpaired) electrons. The summed E-state index contributed by atoms with van der Waals surface area (Å²) in [5.41, 5.74) is 7.78. The van der Waals surface area contributed by atoms with Gasteiger partial charge in [-0.1, -0.05) is 41.9 Å². The van der Waals surface area contributed by atoms with Gasteiger partial charge in [0.05, 0.1) is 0 Å². The number of esters is 1. The molecule has 2 N–H and O–H groups in total. The average molecular weight is 330 g/mol. The van der Waals surface area contributed by atoms with Gasteiger partial charge in [-0.25, -0.2) is 4.79 Å². The van der Waals surface area contributed by atoms with Gasteiger partial charge in [-0.05, 0) is 41.8 Å². The van der Waals surface area contributed by atoms with Crippen molar-refractivity contribution in [3.8, 4) is 0 Å².